The van der Waals surface area contributed by atoms with E-state index in [9.17, 15) is 4.39 Å². The van der Waals surface area contributed by atoms with E-state index in [1.165, 1.54) is 6.07 Å². The van der Waals surface area contributed by atoms with E-state index in [1.54, 1.807) is 18.4 Å². The van der Waals surface area contributed by atoms with Gasteiger partial charge in [0.05, 0.1) is 12.3 Å². The zero-order valence-electron chi connectivity index (χ0n) is 10.7. The molecular weight excluding hydrogens is 229 g/mol. The monoisotopic (exact) mass is 247 g/mol. The Balaban J connectivity index is 2.33. The van der Waals surface area contributed by atoms with E-state index in [0.29, 0.717) is 0 Å². The van der Waals surface area contributed by atoms with Gasteiger partial charge < -0.3 is 9.73 Å². The predicted octanol–water partition coefficient (Wildman–Crippen LogP) is 3.82. The third kappa shape index (κ3) is 2.79. The Bertz CT molecular complexity index is 507. The molecule has 2 rings (SSSR count). The fourth-order valence-corrected chi connectivity index (χ4v) is 2.02. The molecule has 0 bridgehead atoms. The smallest absolute Gasteiger partial charge is 0.128 e. The van der Waals surface area contributed by atoms with Crippen molar-refractivity contribution < 1.29 is 8.81 Å². The summed E-state index contributed by atoms with van der Waals surface area (Å²) in [6, 6.07) is 8.48. The molecule has 0 aliphatic rings. The number of hydrogen-bond donors (Lipinski definition) is 1. The number of hydrogen-bond acceptors (Lipinski definition) is 2. The molecule has 0 aliphatic carbocycles. The van der Waals surface area contributed by atoms with Crippen molar-refractivity contribution in [2.24, 2.45) is 0 Å². The maximum absolute atomic E-state index is 13.3. The molecule has 2 aromatic rings. The summed E-state index contributed by atoms with van der Waals surface area (Å²) in [5, 5.41) is 3.40. The van der Waals surface area contributed by atoms with Gasteiger partial charge in [-0.2, -0.15) is 0 Å². The van der Waals surface area contributed by atoms with Crippen LogP contribution in [-0.4, -0.2) is 6.54 Å². The lowest BCUT2D eigenvalue weighted by molar-refractivity contribution is 0.443. The number of nitrogens with one attached hydrogen (secondary N) is 1. The molecule has 0 radical (unpaired) electrons. The normalized spacial score (nSPS) is 12.6. The van der Waals surface area contributed by atoms with Gasteiger partial charge in [-0.3, -0.25) is 0 Å². The molecule has 1 heterocycles. The van der Waals surface area contributed by atoms with Crippen LogP contribution in [0, 0.1) is 12.7 Å². The second kappa shape index (κ2) is 5.83. The van der Waals surface area contributed by atoms with Crippen LogP contribution in [0.25, 0.3) is 0 Å². The number of rotatable bonds is 5. The van der Waals surface area contributed by atoms with Gasteiger partial charge in [-0.1, -0.05) is 19.1 Å². The highest BCUT2D eigenvalue weighted by atomic mass is 19.1. The largest absolute Gasteiger partial charge is 0.467 e. The number of furan rings is 1. The molecule has 3 heteroatoms. The first-order valence-electron chi connectivity index (χ1n) is 6.25. The molecule has 96 valence electrons. The Hall–Kier alpha value is -1.61. The van der Waals surface area contributed by atoms with E-state index in [1.807, 2.05) is 19.1 Å². The summed E-state index contributed by atoms with van der Waals surface area (Å²) in [6.07, 6.45) is 2.69. The lowest BCUT2D eigenvalue weighted by Gasteiger charge is -2.17. The van der Waals surface area contributed by atoms with Gasteiger partial charge in [0.15, 0.2) is 0 Å². The molecule has 2 nitrogen and oxygen atoms in total. The Labute approximate surface area is 107 Å². The molecule has 1 atom stereocenters. The van der Waals surface area contributed by atoms with Crippen molar-refractivity contribution in [2.75, 3.05) is 6.54 Å². The van der Waals surface area contributed by atoms with Gasteiger partial charge in [0.1, 0.15) is 11.6 Å². The molecule has 0 saturated heterocycles. The van der Waals surface area contributed by atoms with Crippen LogP contribution < -0.4 is 5.32 Å². The van der Waals surface area contributed by atoms with Gasteiger partial charge in [-0.05, 0) is 49.2 Å². The van der Waals surface area contributed by atoms with Crippen molar-refractivity contribution in [3.8, 4) is 0 Å². The predicted molar refractivity (Wildman–Crippen MR) is 70.0 cm³/mol. The van der Waals surface area contributed by atoms with E-state index < -0.39 is 0 Å². The molecule has 1 unspecified atom stereocenters. The summed E-state index contributed by atoms with van der Waals surface area (Å²) in [7, 11) is 0. The van der Waals surface area contributed by atoms with E-state index in [2.05, 4.69) is 12.2 Å². The Morgan fingerprint density at radius 2 is 2.17 bits per heavy atom. The maximum atomic E-state index is 13.3. The highest BCUT2D eigenvalue weighted by Gasteiger charge is 2.18. The first-order chi connectivity index (χ1) is 8.72. The molecule has 0 spiro atoms. The van der Waals surface area contributed by atoms with Crippen LogP contribution in [-0.2, 0) is 0 Å². The van der Waals surface area contributed by atoms with Crippen LogP contribution in [0.15, 0.2) is 41.0 Å². The van der Waals surface area contributed by atoms with Gasteiger partial charge in [0.2, 0.25) is 0 Å². The maximum Gasteiger partial charge on any atom is 0.128 e. The molecular formula is C15H18FNO. The highest BCUT2D eigenvalue weighted by molar-refractivity contribution is 5.31. The second-order valence-corrected chi connectivity index (χ2v) is 4.41. The van der Waals surface area contributed by atoms with Gasteiger partial charge in [0, 0.05) is 0 Å². The fraction of sp³-hybridized carbons (Fsp3) is 0.333. The summed E-state index contributed by atoms with van der Waals surface area (Å²) in [5.74, 6) is 0.633. The van der Waals surface area contributed by atoms with Crippen LogP contribution in [0.2, 0.25) is 0 Å². The van der Waals surface area contributed by atoms with Crippen LogP contribution in [0.5, 0.6) is 0 Å². The van der Waals surface area contributed by atoms with Gasteiger partial charge in [-0.15, -0.1) is 0 Å². The minimum absolute atomic E-state index is 0.0874. The first kappa shape index (κ1) is 12.8. The minimum atomic E-state index is -0.222. The summed E-state index contributed by atoms with van der Waals surface area (Å²) in [5.41, 5.74) is 1.97. The van der Waals surface area contributed by atoms with Crippen molar-refractivity contribution in [1.29, 1.82) is 0 Å². The lowest BCUT2D eigenvalue weighted by Crippen LogP contribution is -2.23. The Morgan fingerprint density at radius 1 is 1.33 bits per heavy atom. The van der Waals surface area contributed by atoms with Gasteiger partial charge in [0.25, 0.3) is 0 Å². The average Bonchev–Trinajstić information content (AvgIpc) is 2.77. The fourth-order valence-electron chi connectivity index (χ4n) is 2.02. The summed E-state index contributed by atoms with van der Waals surface area (Å²) >= 11 is 0. The molecule has 1 N–H and O–H groups in total. The summed E-state index contributed by atoms with van der Waals surface area (Å²) in [4.78, 5) is 0. The second-order valence-electron chi connectivity index (χ2n) is 4.41. The van der Waals surface area contributed by atoms with E-state index in [4.69, 9.17) is 4.42 Å². The van der Waals surface area contributed by atoms with Crippen LogP contribution in [0.1, 0.15) is 36.3 Å². The van der Waals surface area contributed by atoms with E-state index in [-0.39, 0.29) is 11.9 Å². The summed E-state index contributed by atoms with van der Waals surface area (Å²) in [6.45, 7) is 4.96. The van der Waals surface area contributed by atoms with Gasteiger partial charge in [-0.25, -0.2) is 4.39 Å². The van der Waals surface area contributed by atoms with Crippen LogP contribution in [0.4, 0.5) is 4.39 Å². The van der Waals surface area contributed by atoms with E-state index in [0.717, 1.165) is 29.9 Å². The molecule has 1 aromatic carbocycles. The number of benzene rings is 1. The first-order valence-corrected chi connectivity index (χ1v) is 6.25. The zero-order valence-corrected chi connectivity index (χ0v) is 10.7. The van der Waals surface area contributed by atoms with Crippen molar-refractivity contribution in [3.63, 3.8) is 0 Å². The Kier molecular flexibility index (Phi) is 4.15. The van der Waals surface area contributed by atoms with Crippen molar-refractivity contribution in [1.82, 2.24) is 5.32 Å². The van der Waals surface area contributed by atoms with Crippen molar-refractivity contribution in [3.05, 3.63) is 59.3 Å². The third-order valence-corrected chi connectivity index (χ3v) is 2.94. The summed E-state index contributed by atoms with van der Waals surface area (Å²) < 4.78 is 18.9. The third-order valence-electron chi connectivity index (χ3n) is 2.94. The molecule has 18 heavy (non-hydrogen) atoms. The molecule has 1 aromatic heterocycles. The average molecular weight is 247 g/mol. The SMILES string of the molecule is CCCNC(c1cccc(F)c1)c1occc1C. The molecule has 0 amide bonds. The highest BCUT2D eigenvalue weighted by Crippen LogP contribution is 2.26. The minimum Gasteiger partial charge on any atom is -0.467 e. The topological polar surface area (TPSA) is 25.2 Å². The molecule has 0 aliphatic heterocycles. The van der Waals surface area contributed by atoms with Crippen molar-refractivity contribution in [2.45, 2.75) is 26.3 Å². The van der Waals surface area contributed by atoms with E-state index >= 15 is 0 Å². The lowest BCUT2D eigenvalue weighted by atomic mass is 10.0. The number of halogens is 1. The zero-order chi connectivity index (χ0) is 13.0. The van der Waals surface area contributed by atoms with Crippen LogP contribution >= 0.6 is 0 Å². The molecule has 0 fully saturated rings. The number of aryl methyl sites for hydroxylation is 1. The quantitative estimate of drug-likeness (QED) is 0.869. The Morgan fingerprint density at radius 3 is 2.78 bits per heavy atom. The van der Waals surface area contributed by atoms with Crippen LogP contribution in [0.3, 0.4) is 0 Å². The standard InChI is InChI=1S/C15H18FNO/c1-3-8-17-14(15-11(2)7-9-18-15)12-5-4-6-13(16)10-12/h4-7,9-10,14,17H,3,8H2,1-2H3. The molecule has 0 saturated carbocycles. The van der Waals surface area contributed by atoms with Gasteiger partial charge >= 0.3 is 0 Å². The van der Waals surface area contributed by atoms with Crippen molar-refractivity contribution >= 4 is 0 Å².